The van der Waals surface area contributed by atoms with Gasteiger partial charge in [0.15, 0.2) is 0 Å². The van der Waals surface area contributed by atoms with Crippen LogP contribution >= 0.6 is 46.9 Å². The Hall–Kier alpha value is -5.27. The molecule has 7 rings (SSSR count). The molecular formula is C42H38Cl2N6O4S2. The van der Waals surface area contributed by atoms with Crippen LogP contribution in [0.2, 0.25) is 10.2 Å². The van der Waals surface area contributed by atoms with Gasteiger partial charge in [0.05, 0.1) is 4.92 Å². The highest BCUT2D eigenvalue weighted by atomic mass is 35.5. The van der Waals surface area contributed by atoms with Crippen molar-refractivity contribution in [3.05, 3.63) is 147 Å². The van der Waals surface area contributed by atoms with Crippen LogP contribution in [0.1, 0.15) is 10.5 Å². The topological polar surface area (TPSA) is 116 Å². The smallest absolute Gasteiger partial charge is 0.353 e. The quantitative estimate of drug-likeness (QED) is 0.0322. The highest BCUT2D eigenvalue weighted by Crippen LogP contribution is 2.43. The number of carbonyl (C=O) groups is 1. The lowest BCUT2D eigenvalue weighted by Gasteiger charge is -2.37. The Bertz CT molecular complexity index is 2340. The summed E-state index contributed by atoms with van der Waals surface area (Å²) in [6.45, 7) is 3.76. The van der Waals surface area contributed by atoms with E-state index in [1.165, 1.54) is 16.5 Å². The Kier molecular flexibility index (Phi) is 12.3. The van der Waals surface area contributed by atoms with Crippen molar-refractivity contribution in [2.45, 2.75) is 9.79 Å². The van der Waals surface area contributed by atoms with Gasteiger partial charge < -0.3 is 29.5 Å². The summed E-state index contributed by atoms with van der Waals surface area (Å²) in [5.74, 6) is -0.271. The highest BCUT2D eigenvalue weighted by Gasteiger charge is 2.27. The van der Waals surface area contributed by atoms with E-state index in [-0.39, 0.29) is 16.3 Å². The van der Waals surface area contributed by atoms with Crippen molar-refractivity contribution >= 4 is 81.3 Å². The monoisotopic (exact) mass is 824 g/mol. The maximum Gasteiger partial charge on any atom is 0.353 e. The standard InChI is InChI=1S/C42H38Cl2N6O4S2/c1-47-40(42(51)52)38(39(41(47)44)28-10-12-30(43)13-11-28)29-6-5-7-33(26-29)49-23-21-48(22-24-49)32-16-14-31(15-17-32)46-56-35-18-19-36(37(27-35)50(53)54)45-20-25-55-34-8-3-2-4-9-34/h2-19,26-27,45-46H,20-25H2,1H3,(H,51,52). The third-order valence-electron chi connectivity index (χ3n) is 9.55. The van der Waals surface area contributed by atoms with E-state index in [1.54, 1.807) is 43.1 Å². The average Bonchev–Trinajstić information content (AvgIpc) is 3.49. The summed E-state index contributed by atoms with van der Waals surface area (Å²) in [6.07, 6.45) is 0. The molecule has 0 bridgehead atoms. The van der Waals surface area contributed by atoms with Gasteiger partial charge in [0.2, 0.25) is 0 Å². The second-order valence-corrected chi connectivity index (χ2v) is 15.9. The SMILES string of the molecule is Cn1c(Cl)c(-c2ccc(Cl)cc2)c(-c2cccc(N3CCN(c4ccc(NSc5ccc(NCCSc6ccccc6)c([N+](=O)[O-])c5)cc4)CC3)c2)c1C(=O)O. The molecule has 286 valence electrons. The minimum atomic E-state index is -1.06. The summed E-state index contributed by atoms with van der Waals surface area (Å²) in [4.78, 5) is 30.6. The van der Waals surface area contributed by atoms with Crippen molar-refractivity contribution in [2.75, 3.05) is 58.3 Å². The molecule has 0 aliphatic carbocycles. The third kappa shape index (κ3) is 8.89. The van der Waals surface area contributed by atoms with Crippen molar-refractivity contribution in [3.63, 3.8) is 0 Å². The zero-order valence-corrected chi connectivity index (χ0v) is 33.5. The van der Waals surface area contributed by atoms with Crippen LogP contribution in [0.3, 0.4) is 0 Å². The number of benzene rings is 5. The summed E-state index contributed by atoms with van der Waals surface area (Å²) in [6, 6.07) is 38.7. The van der Waals surface area contributed by atoms with Crippen molar-refractivity contribution < 1.29 is 14.8 Å². The van der Waals surface area contributed by atoms with Crippen molar-refractivity contribution in [2.24, 2.45) is 7.05 Å². The van der Waals surface area contributed by atoms with Crippen LogP contribution in [-0.2, 0) is 7.05 Å². The molecule has 0 spiro atoms. The van der Waals surface area contributed by atoms with Crippen LogP contribution in [-0.4, -0.2) is 59.0 Å². The molecule has 0 saturated carbocycles. The van der Waals surface area contributed by atoms with Crippen LogP contribution in [0.15, 0.2) is 131 Å². The van der Waals surface area contributed by atoms with Gasteiger partial charge in [0, 0.05) is 94.6 Å². The minimum Gasteiger partial charge on any atom is -0.477 e. The number of aromatic carboxylic acids is 1. The zero-order chi connectivity index (χ0) is 39.2. The van der Waals surface area contributed by atoms with Crippen LogP contribution in [0.5, 0.6) is 0 Å². The second-order valence-electron chi connectivity index (χ2n) is 13.1. The van der Waals surface area contributed by atoms with Gasteiger partial charge in [-0.15, -0.1) is 11.8 Å². The lowest BCUT2D eigenvalue weighted by molar-refractivity contribution is -0.384. The van der Waals surface area contributed by atoms with Gasteiger partial charge in [-0.1, -0.05) is 65.7 Å². The van der Waals surface area contributed by atoms with E-state index in [2.05, 4.69) is 38.0 Å². The number of halogens is 2. The molecule has 3 N–H and O–H groups in total. The largest absolute Gasteiger partial charge is 0.477 e. The first kappa shape index (κ1) is 39.0. The van der Waals surface area contributed by atoms with Crippen LogP contribution in [0.25, 0.3) is 22.3 Å². The number of nitrogens with zero attached hydrogens (tertiary/aromatic N) is 4. The molecule has 14 heteroatoms. The first-order chi connectivity index (χ1) is 27.2. The van der Waals surface area contributed by atoms with E-state index in [0.29, 0.717) is 33.5 Å². The van der Waals surface area contributed by atoms with Gasteiger partial charge in [0.1, 0.15) is 16.5 Å². The predicted molar refractivity (Wildman–Crippen MR) is 232 cm³/mol. The normalized spacial score (nSPS) is 12.8. The summed E-state index contributed by atoms with van der Waals surface area (Å²) < 4.78 is 4.84. The molecule has 1 saturated heterocycles. The Morgan fingerprint density at radius 3 is 2.16 bits per heavy atom. The fraction of sp³-hybridized carbons (Fsp3) is 0.167. The molecule has 2 heterocycles. The Morgan fingerprint density at radius 2 is 1.48 bits per heavy atom. The summed E-state index contributed by atoms with van der Waals surface area (Å²) >= 11 is 16.0. The van der Waals surface area contributed by atoms with E-state index in [4.69, 9.17) is 23.2 Å². The Balaban J connectivity index is 0.961. The van der Waals surface area contributed by atoms with Gasteiger partial charge in [-0.05, 0) is 95.9 Å². The number of piperazine rings is 1. The molecular weight excluding hydrogens is 788 g/mol. The van der Waals surface area contributed by atoms with Gasteiger partial charge in [-0.25, -0.2) is 4.79 Å². The van der Waals surface area contributed by atoms with Crippen LogP contribution in [0, 0.1) is 10.1 Å². The number of aromatic nitrogens is 1. The van der Waals surface area contributed by atoms with Crippen LogP contribution < -0.4 is 19.8 Å². The number of nitrogens with one attached hydrogen (secondary N) is 2. The van der Waals surface area contributed by atoms with Gasteiger partial charge in [-0.2, -0.15) is 0 Å². The number of nitro groups is 1. The highest BCUT2D eigenvalue weighted by molar-refractivity contribution is 8.00. The maximum absolute atomic E-state index is 12.5. The van der Waals surface area contributed by atoms with Crippen LogP contribution in [0.4, 0.5) is 28.4 Å². The molecule has 5 aromatic carbocycles. The Labute approximate surface area is 343 Å². The molecule has 0 atom stereocenters. The lowest BCUT2D eigenvalue weighted by Crippen LogP contribution is -2.46. The summed E-state index contributed by atoms with van der Waals surface area (Å²) in [5, 5.41) is 26.3. The molecule has 6 aromatic rings. The molecule has 10 nitrogen and oxygen atoms in total. The number of carboxylic acids is 1. The van der Waals surface area contributed by atoms with Crippen molar-refractivity contribution in [1.29, 1.82) is 0 Å². The lowest BCUT2D eigenvalue weighted by atomic mass is 9.96. The van der Waals surface area contributed by atoms with Gasteiger partial charge in [-0.3, -0.25) is 10.1 Å². The number of hydrogen-bond acceptors (Lipinski definition) is 9. The number of carboxylic acid groups (broad SMARTS) is 1. The molecule has 0 radical (unpaired) electrons. The summed E-state index contributed by atoms with van der Waals surface area (Å²) in [5.41, 5.74) is 6.42. The molecule has 0 amide bonds. The minimum absolute atomic E-state index is 0.0416. The van der Waals surface area contributed by atoms with E-state index in [9.17, 15) is 20.0 Å². The van der Waals surface area contributed by atoms with Gasteiger partial charge >= 0.3 is 5.97 Å². The molecule has 0 unspecified atom stereocenters. The van der Waals surface area contributed by atoms with E-state index in [1.807, 2.05) is 78.9 Å². The summed E-state index contributed by atoms with van der Waals surface area (Å²) in [7, 11) is 1.67. The first-order valence-electron chi connectivity index (χ1n) is 17.9. The number of anilines is 4. The number of rotatable bonds is 14. The second kappa shape index (κ2) is 17.7. The molecule has 1 aromatic heterocycles. The van der Waals surface area contributed by atoms with E-state index in [0.717, 1.165) is 69.9 Å². The molecule has 56 heavy (non-hydrogen) atoms. The first-order valence-corrected chi connectivity index (χ1v) is 20.4. The maximum atomic E-state index is 12.5. The van der Waals surface area contributed by atoms with E-state index >= 15 is 0 Å². The number of hydrogen-bond donors (Lipinski definition) is 3. The number of thioether (sulfide) groups is 1. The molecule has 1 aliphatic heterocycles. The van der Waals surface area contributed by atoms with Crippen molar-refractivity contribution in [3.8, 4) is 22.3 Å². The fourth-order valence-corrected chi connectivity index (χ4v) is 8.63. The zero-order valence-electron chi connectivity index (χ0n) is 30.3. The average molecular weight is 826 g/mol. The van der Waals surface area contributed by atoms with E-state index < -0.39 is 5.97 Å². The Morgan fingerprint density at radius 1 is 0.786 bits per heavy atom. The fourth-order valence-electron chi connectivity index (χ4n) is 6.75. The van der Waals surface area contributed by atoms with Gasteiger partial charge in [0.25, 0.3) is 5.69 Å². The molecule has 1 fully saturated rings. The predicted octanol–water partition coefficient (Wildman–Crippen LogP) is 10.9. The third-order valence-corrected chi connectivity index (χ3v) is 12.1. The van der Waals surface area contributed by atoms with Crippen molar-refractivity contribution in [1.82, 2.24) is 4.57 Å². The molecule has 1 aliphatic rings. The number of nitro benzene ring substituents is 1.